The molecule has 0 spiro atoms. The molecule has 0 radical (unpaired) electrons. The Morgan fingerprint density at radius 2 is 2.00 bits per heavy atom. The van der Waals surface area contributed by atoms with Gasteiger partial charge in [0, 0.05) is 19.5 Å². The molecule has 1 unspecified atom stereocenters. The fourth-order valence-electron chi connectivity index (χ4n) is 2.38. The van der Waals surface area contributed by atoms with E-state index >= 15 is 0 Å². The van der Waals surface area contributed by atoms with Gasteiger partial charge in [0.2, 0.25) is 0 Å². The largest absolute Gasteiger partial charge is 0.331 e. The van der Waals surface area contributed by atoms with Crippen LogP contribution >= 0.6 is 0 Å². The van der Waals surface area contributed by atoms with E-state index in [1.807, 2.05) is 0 Å². The van der Waals surface area contributed by atoms with E-state index < -0.39 is 0 Å². The zero-order valence-electron chi connectivity index (χ0n) is 12.5. The van der Waals surface area contributed by atoms with Crippen LogP contribution in [0.5, 0.6) is 0 Å². The summed E-state index contributed by atoms with van der Waals surface area (Å²) >= 11 is 0. The van der Waals surface area contributed by atoms with Gasteiger partial charge in [-0.2, -0.15) is 0 Å². The summed E-state index contributed by atoms with van der Waals surface area (Å²) in [6.07, 6.45) is 3.10. The third kappa shape index (κ3) is 3.35. The number of hydrogen-bond acceptors (Lipinski definition) is 2. The third-order valence-electron chi connectivity index (χ3n) is 3.52. The number of fused-ring (bicyclic) bond motifs is 1. The summed E-state index contributed by atoms with van der Waals surface area (Å²) < 4.78 is 2.23. The molecule has 1 aromatic heterocycles. The second-order valence-corrected chi connectivity index (χ2v) is 6.02. The van der Waals surface area contributed by atoms with Crippen molar-refractivity contribution >= 4 is 11.0 Å². The first-order valence-electron chi connectivity index (χ1n) is 7.17. The Bertz CT molecular complexity index is 552. The number of nitrogens with zero attached hydrogens (tertiary/aromatic N) is 2. The molecule has 1 atom stereocenters. The first-order chi connectivity index (χ1) is 8.97. The Morgan fingerprint density at radius 1 is 1.26 bits per heavy atom. The van der Waals surface area contributed by atoms with E-state index in [4.69, 9.17) is 10.7 Å². The lowest BCUT2D eigenvalue weighted by molar-refractivity contribution is 0.606. The molecule has 2 rings (SSSR count). The van der Waals surface area contributed by atoms with Gasteiger partial charge in [-0.25, -0.2) is 4.98 Å². The van der Waals surface area contributed by atoms with Gasteiger partial charge in [-0.15, -0.1) is 0 Å². The lowest BCUT2D eigenvalue weighted by Gasteiger charge is -2.06. The van der Waals surface area contributed by atoms with Crippen LogP contribution in [0, 0.1) is 5.92 Å². The van der Waals surface area contributed by atoms with Gasteiger partial charge in [0.25, 0.3) is 0 Å². The van der Waals surface area contributed by atoms with Crippen LogP contribution in [0.1, 0.15) is 38.6 Å². The smallest absolute Gasteiger partial charge is 0.109 e. The monoisotopic (exact) mass is 259 g/mol. The fraction of sp³-hybridized carbons (Fsp3) is 0.562. The van der Waals surface area contributed by atoms with Gasteiger partial charge < -0.3 is 10.3 Å². The van der Waals surface area contributed by atoms with Gasteiger partial charge in [-0.3, -0.25) is 0 Å². The molecule has 0 aliphatic rings. The minimum Gasteiger partial charge on any atom is -0.331 e. The first kappa shape index (κ1) is 14.1. The molecule has 0 aliphatic heterocycles. The third-order valence-corrected chi connectivity index (χ3v) is 3.52. The van der Waals surface area contributed by atoms with E-state index in [-0.39, 0.29) is 6.04 Å². The summed E-state index contributed by atoms with van der Waals surface area (Å²) in [4.78, 5) is 4.73. The number of nitrogens with two attached hydrogens (primary N) is 1. The molecular weight excluding hydrogens is 234 g/mol. The van der Waals surface area contributed by atoms with Crippen LogP contribution in [0.3, 0.4) is 0 Å². The molecule has 0 bridgehead atoms. The highest BCUT2D eigenvalue weighted by atomic mass is 15.1. The molecule has 2 N–H and O–H groups in total. The van der Waals surface area contributed by atoms with Crippen molar-refractivity contribution < 1.29 is 0 Å². The van der Waals surface area contributed by atoms with Crippen LogP contribution < -0.4 is 5.73 Å². The van der Waals surface area contributed by atoms with E-state index in [9.17, 15) is 0 Å². The van der Waals surface area contributed by atoms with Crippen LogP contribution in [-0.2, 0) is 19.9 Å². The molecule has 1 aromatic carbocycles. The lowest BCUT2D eigenvalue weighted by Crippen LogP contribution is -2.15. The number of hydrogen-bond donors (Lipinski definition) is 1. The molecule has 2 aromatic rings. The zero-order chi connectivity index (χ0) is 14.0. The van der Waals surface area contributed by atoms with E-state index in [0.29, 0.717) is 5.92 Å². The highest BCUT2D eigenvalue weighted by molar-refractivity contribution is 5.76. The van der Waals surface area contributed by atoms with Crippen molar-refractivity contribution in [2.75, 3.05) is 0 Å². The molecule has 3 nitrogen and oxygen atoms in total. The maximum absolute atomic E-state index is 5.82. The molecule has 104 valence electrons. The molecule has 0 saturated heterocycles. The highest BCUT2D eigenvalue weighted by Crippen LogP contribution is 2.19. The van der Waals surface area contributed by atoms with Crippen LogP contribution in [0.25, 0.3) is 11.0 Å². The summed E-state index contributed by atoms with van der Waals surface area (Å²) in [6.45, 7) is 6.52. The van der Waals surface area contributed by atoms with E-state index in [0.717, 1.165) is 24.8 Å². The Hall–Kier alpha value is -1.35. The molecule has 19 heavy (non-hydrogen) atoms. The van der Waals surface area contributed by atoms with Crippen LogP contribution in [-0.4, -0.2) is 15.6 Å². The van der Waals surface area contributed by atoms with Crippen LogP contribution in [0.4, 0.5) is 0 Å². The minimum atomic E-state index is 0.263. The molecular formula is C16H25N3. The van der Waals surface area contributed by atoms with Crippen molar-refractivity contribution in [2.45, 2.75) is 46.1 Å². The Kier molecular flexibility index (Phi) is 4.25. The molecule has 0 saturated carbocycles. The molecule has 0 amide bonds. The van der Waals surface area contributed by atoms with Gasteiger partial charge in [-0.05, 0) is 43.4 Å². The fourth-order valence-corrected chi connectivity index (χ4v) is 2.38. The quantitative estimate of drug-likeness (QED) is 0.897. The first-order valence-corrected chi connectivity index (χ1v) is 7.17. The van der Waals surface area contributed by atoms with E-state index in [1.165, 1.54) is 16.9 Å². The predicted octanol–water partition coefficient (Wildman–Crippen LogP) is 3.05. The Morgan fingerprint density at radius 3 is 2.63 bits per heavy atom. The number of rotatable bonds is 5. The second-order valence-electron chi connectivity index (χ2n) is 6.02. The summed E-state index contributed by atoms with van der Waals surface area (Å²) in [6, 6.07) is 6.83. The molecule has 1 heterocycles. The van der Waals surface area contributed by atoms with E-state index in [2.05, 4.69) is 50.6 Å². The normalized spacial score (nSPS) is 13.4. The van der Waals surface area contributed by atoms with Crippen LogP contribution in [0.15, 0.2) is 18.2 Å². The van der Waals surface area contributed by atoms with Gasteiger partial charge in [0.1, 0.15) is 5.82 Å². The minimum absolute atomic E-state index is 0.263. The summed E-state index contributed by atoms with van der Waals surface area (Å²) in [5, 5.41) is 0. The zero-order valence-corrected chi connectivity index (χ0v) is 12.5. The Balaban J connectivity index is 2.29. The van der Waals surface area contributed by atoms with Crippen molar-refractivity contribution in [3.05, 3.63) is 29.6 Å². The summed E-state index contributed by atoms with van der Waals surface area (Å²) in [5.41, 5.74) is 9.51. The van der Waals surface area contributed by atoms with Crippen LogP contribution in [0.2, 0.25) is 0 Å². The van der Waals surface area contributed by atoms with Gasteiger partial charge in [0.05, 0.1) is 11.0 Å². The van der Waals surface area contributed by atoms with Crippen molar-refractivity contribution in [1.82, 2.24) is 9.55 Å². The maximum atomic E-state index is 5.82. The van der Waals surface area contributed by atoms with Crippen molar-refractivity contribution in [3.63, 3.8) is 0 Å². The van der Waals surface area contributed by atoms with Gasteiger partial charge >= 0.3 is 0 Å². The standard InChI is InChI=1S/C16H25N3/c1-11(2)9-16-18-14-8-7-13(6-5-12(3)17)10-15(14)19(16)4/h7-8,10-12H,5-6,9,17H2,1-4H3. The Labute approximate surface area is 115 Å². The lowest BCUT2D eigenvalue weighted by atomic mass is 10.1. The molecule has 3 heteroatoms. The average Bonchev–Trinajstić information content (AvgIpc) is 2.63. The number of aromatic nitrogens is 2. The number of imidazole rings is 1. The maximum Gasteiger partial charge on any atom is 0.109 e. The van der Waals surface area contributed by atoms with Crippen molar-refractivity contribution in [3.8, 4) is 0 Å². The SMILES string of the molecule is CC(C)Cc1nc2ccc(CCC(C)N)cc2n1C. The molecule has 0 fully saturated rings. The topological polar surface area (TPSA) is 43.8 Å². The number of benzene rings is 1. The average molecular weight is 259 g/mol. The summed E-state index contributed by atoms with van der Waals surface area (Å²) in [5.74, 6) is 1.81. The van der Waals surface area contributed by atoms with Crippen molar-refractivity contribution in [1.29, 1.82) is 0 Å². The number of aryl methyl sites for hydroxylation is 2. The van der Waals surface area contributed by atoms with E-state index in [1.54, 1.807) is 0 Å². The highest BCUT2D eigenvalue weighted by Gasteiger charge is 2.10. The van der Waals surface area contributed by atoms with Gasteiger partial charge in [-0.1, -0.05) is 19.9 Å². The van der Waals surface area contributed by atoms with Crippen molar-refractivity contribution in [2.24, 2.45) is 18.7 Å². The summed E-state index contributed by atoms with van der Waals surface area (Å²) in [7, 11) is 2.11. The van der Waals surface area contributed by atoms with Gasteiger partial charge in [0.15, 0.2) is 0 Å². The molecule has 0 aliphatic carbocycles. The second kappa shape index (κ2) is 5.74. The predicted molar refractivity (Wildman–Crippen MR) is 81.2 cm³/mol.